The van der Waals surface area contributed by atoms with E-state index in [1.807, 2.05) is 41.1 Å². The first kappa shape index (κ1) is 12.0. The third-order valence-electron chi connectivity index (χ3n) is 2.15. The van der Waals surface area contributed by atoms with Crippen molar-refractivity contribution < 1.29 is 5.11 Å². The molecule has 0 spiro atoms. The molecule has 1 aromatic heterocycles. The molecule has 0 saturated carbocycles. The summed E-state index contributed by atoms with van der Waals surface area (Å²) in [5.74, 6) is 0.665. The van der Waals surface area contributed by atoms with Crippen molar-refractivity contribution in [3.8, 4) is 0 Å². The standard InChI is InChI=1S/C12H11ClOS2/c13-10-1-3-11(4-2-10)16-8-12(14)9-5-6-15-7-9/h1-7,12,14H,8H2. The molecule has 2 aromatic rings. The summed E-state index contributed by atoms with van der Waals surface area (Å²) in [7, 11) is 0. The highest BCUT2D eigenvalue weighted by Crippen LogP contribution is 2.26. The van der Waals surface area contributed by atoms with Gasteiger partial charge in [0.15, 0.2) is 0 Å². The SMILES string of the molecule is OC(CSc1ccc(Cl)cc1)c1ccsc1. The van der Waals surface area contributed by atoms with Crippen LogP contribution < -0.4 is 0 Å². The number of halogens is 1. The molecule has 1 unspecified atom stereocenters. The Hall–Kier alpha value is -0.480. The molecule has 1 aromatic carbocycles. The fourth-order valence-corrected chi connectivity index (χ4v) is 2.97. The first-order valence-corrected chi connectivity index (χ1v) is 7.15. The Morgan fingerprint density at radius 3 is 2.62 bits per heavy atom. The van der Waals surface area contributed by atoms with Crippen LogP contribution in [0, 0.1) is 0 Å². The second-order valence-electron chi connectivity index (χ2n) is 3.34. The molecule has 84 valence electrons. The van der Waals surface area contributed by atoms with Crippen molar-refractivity contribution >= 4 is 34.7 Å². The van der Waals surface area contributed by atoms with Gasteiger partial charge in [0.2, 0.25) is 0 Å². The molecular formula is C12H11ClOS2. The molecule has 0 saturated heterocycles. The molecule has 2 rings (SSSR count). The lowest BCUT2D eigenvalue weighted by Gasteiger charge is -2.08. The van der Waals surface area contributed by atoms with Crippen molar-refractivity contribution in [1.82, 2.24) is 0 Å². The maximum atomic E-state index is 9.89. The van der Waals surface area contributed by atoms with Gasteiger partial charge in [-0.25, -0.2) is 0 Å². The lowest BCUT2D eigenvalue weighted by atomic mass is 10.2. The van der Waals surface area contributed by atoms with Crippen molar-refractivity contribution in [3.63, 3.8) is 0 Å². The minimum atomic E-state index is -0.396. The fraction of sp³-hybridized carbons (Fsp3) is 0.167. The van der Waals surface area contributed by atoms with Crippen LogP contribution in [-0.4, -0.2) is 10.9 Å². The molecule has 4 heteroatoms. The summed E-state index contributed by atoms with van der Waals surface area (Å²) in [6, 6.07) is 9.61. The first-order chi connectivity index (χ1) is 7.75. The molecule has 0 fully saturated rings. The zero-order valence-electron chi connectivity index (χ0n) is 8.47. The fourth-order valence-electron chi connectivity index (χ4n) is 1.27. The minimum absolute atomic E-state index is 0.396. The normalized spacial score (nSPS) is 12.6. The van der Waals surface area contributed by atoms with Gasteiger partial charge in [0.25, 0.3) is 0 Å². The maximum Gasteiger partial charge on any atom is 0.0891 e. The zero-order chi connectivity index (χ0) is 11.4. The Labute approximate surface area is 108 Å². The number of rotatable bonds is 4. The molecule has 1 nitrogen and oxygen atoms in total. The number of benzene rings is 1. The van der Waals surface area contributed by atoms with E-state index in [2.05, 4.69) is 0 Å². The van der Waals surface area contributed by atoms with Gasteiger partial charge < -0.3 is 5.11 Å². The van der Waals surface area contributed by atoms with Crippen LogP contribution in [-0.2, 0) is 0 Å². The van der Waals surface area contributed by atoms with E-state index >= 15 is 0 Å². The van der Waals surface area contributed by atoms with E-state index in [0.717, 1.165) is 15.5 Å². The molecule has 0 aliphatic heterocycles. The number of thioether (sulfide) groups is 1. The topological polar surface area (TPSA) is 20.2 Å². The summed E-state index contributed by atoms with van der Waals surface area (Å²) >= 11 is 9.03. The van der Waals surface area contributed by atoms with Gasteiger partial charge in [-0.2, -0.15) is 11.3 Å². The second kappa shape index (κ2) is 5.73. The van der Waals surface area contributed by atoms with E-state index in [9.17, 15) is 5.11 Å². The molecule has 0 radical (unpaired) electrons. The lowest BCUT2D eigenvalue weighted by Crippen LogP contribution is -1.98. The second-order valence-corrected chi connectivity index (χ2v) is 5.65. The third kappa shape index (κ3) is 3.25. The number of hydrogen-bond donors (Lipinski definition) is 1. The number of thiophene rings is 1. The largest absolute Gasteiger partial charge is 0.388 e. The summed E-state index contributed by atoms with van der Waals surface area (Å²) in [6.45, 7) is 0. The van der Waals surface area contributed by atoms with E-state index in [1.54, 1.807) is 23.1 Å². The van der Waals surface area contributed by atoms with Crippen LogP contribution in [0.5, 0.6) is 0 Å². The maximum absolute atomic E-state index is 9.89. The Morgan fingerprint density at radius 1 is 1.25 bits per heavy atom. The van der Waals surface area contributed by atoms with Crippen LogP contribution in [0.1, 0.15) is 11.7 Å². The van der Waals surface area contributed by atoms with Crippen LogP contribution in [0.4, 0.5) is 0 Å². The van der Waals surface area contributed by atoms with Crippen molar-refractivity contribution in [2.24, 2.45) is 0 Å². The average Bonchev–Trinajstić information content (AvgIpc) is 2.81. The lowest BCUT2D eigenvalue weighted by molar-refractivity contribution is 0.204. The Balaban J connectivity index is 1.90. The van der Waals surface area contributed by atoms with Crippen molar-refractivity contribution in [2.45, 2.75) is 11.0 Å². The summed E-state index contributed by atoms with van der Waals surface area (Å²) in [5.41, 5.74) is 0.992. The molecule has 1 heterocycles. The molecule has 0 amide bonds. The van der Waals surface area contributed by atoms with Crippen LogP contribution in [0.3, 0.4) is 0 Å². The van der Waals surface area contributed by atoms with Gasteiger partial charge in [-0.15, -0.1) is 11.8 Å². The van der Waals surface area contributed by atoms with Crippen molar-refractivity contribution in [2.75, 3.05) is 5.75 Å². The smallest absolute Gasteiger partial charge is 0.0891 e. The zero-order valence-corrected chi connectivity index (χ0v) is 10.9. The molecule has 1 N–H and O–H groups in total. The van der Waals surface area contributed by atoms with Crippen LogP contribution in [0.25, 0.3) is 0 Å². The van der Waals surface area contributed by atoms with Gasteiger partial charge in [-0.1, -0.05) is 11.6 Å². The molecule has 0 aliphatic rings. The van der Waals surface area contributed by atoms with Crippen LogP contribution >= 0.6 is 34.7 Å². The predicted octanol–water partition coefficient (Wildman–Crippen LogP) is 4.23. The first-order valence-electron chi connectivity index (χ1n) is 4.84. The molecular weight excluding hydrogens is 260 g/mol. The predicted molar refractivity (Wildman–Crippen MR) is 71.5 cm³/mol. The molecule has 16 heavy (non-hydrogen) atoms. The number of aliphatic hydroxyl groups is 1. The van der Waals surface area contributed by atoms with Gasteiger partial charge in [-0.3, -0.25) is 0 Å². The molecule has 0 bridgehead atoms. The highest BCUT2D eigenvalue weighted by Gasteiger charge is 2.08. The van der Waals surface area contributed by atoms with Crippen LogP contribution in [0.2, 0.25) is 5.02 Å². The number of aliphatic hydroxyl groups excluding tert-OH is 1. The Morgan fingerprint density at radius 2 is 2.00 bits per heavy atom. The van der Waals surface area contributed by atoms with E-state index in [0.29, 0.717) is 5.75 Å². The highest BCUT2D eigenvalue weighted by molar-refractivity contribution is 7.99. The quantitative estimate of drug-likeness (QED) is 0.839. The van der Waals surface area contributed by atoms with Gasteiger partial charge in [0.1, 0.15) is 0 Å². The molecule has 0 aliphatic carbocycles. The van der Waals surface area contributed by atoms with Gasteiger partial charge in [0, 0.05) is 15.7 Å². The number of hydrogen-bond acceptors (Lipinski definition) is 3. The summed E-state index contributed by atoms with van der Waals surface area (Å²) in [4.78, 5) is 1.12. The summed E-state index contributed by atoms with van der Waals surface area (Å²) < 4.78 is 0. The van der Waals surface area contributed by atoms with Gasteiger partial charge in [0.05, 0.1) is 6.10 Å². The van der Waals surface area contributed by atoms with Crippen molar-refractivity contribution in [1.29, 1.82) is 0 Å². The van der Waals surface area contributed by atoms with E-state index < -0.39 is 6.10 Å². The van der Waals surface area contributed by atoms with Crippen LogP contribution in [0.15, 0.2) is 46.0 Å². The van der Waals surface area contributed by atoms with Gasteiger partial charge >= 0.3 is 0 Å². The summed E-state index contributed by atoms with van der Waals surface area (Å²) in [5, 5.41) is 14.6. The summed E-state index contributed by atoms with van der Waals surface area (Å²) in [6.07, 6.45) is -0.396. The van der Waals surface area contributed by atoms with E-state index in [4.69, 9.17) is 11.6 Å². The third-order valence-corrected chi connectivity index (χ3v) is 4.19. The Kier molecular flexibility index (Phi) is 4.29. The van der Waals surface area contributed by atoms with E-state index in [1.165, 1.54) is 0 Å². The van der Waals surface area contributed by atoms with Crippen molar-refractivity contribution in [3.05, 3.63) is 51.7 Å². The molecule has 1 atom stereocenters. The minimum Gasteiger partial charge on any atom is -0.388 e. The monoisotopic (exact) mass is 270 g/mol. The highest BCUT2D eigenvalue weighted by atomic mass is 35.5. The Bertz CT molecular complexity index is 425. The average molecular weight is 271 g/mol. The van der Waals surface area contributed by atoms with E-state index in [-0.39, 0.29) is 0 Å². The van der Waals surface area contributed by atoms with Gasteiger partial charge in [-0.05, 0) is 46.7 Å².